The van der Waals surface area contributed by atoms with Crippen molar-refractivity contribution in [3.8, 4) is 0 Å². The summed E-state index contributed by atoms with van der Waals surface area (Å²) in [6.07, 6.45) is 0.336. The Kier molecular flexibility index (Phi) is 7.25. The van der Waals surface area contributed by atoms with Crippen molar-refractivity contribution in [2.24, 2.45) is 0 Å². The molecule has 2 nitrogen and oxygen atoms in total. The van der Waals surface area contributed by atoms with Crippen LogP contribution in [0, 0.1) is 0 Å². The minimum Gasteiger partial charge on any atom is -0.391 e. The van der Waals surface area contributed by atoms with E-state index < -0.39 is 0 Å². The molecule has 0 fully saturated rings. The van der Waals surface area contributed by atoms with Crippen LogP contribution in [0.5, 0.6) is 0 Å². The number of benzene rings is 2. The number of aliphatic hydroxyl groups excluding tert-OH is 1. The van der Waals surface area contributed by atoms with Gasteiger partial charge in [-0.05, 0) is 55.9 Å². The van der Waals surface area contributed by atoms with Crippen molar-refractivity contribution in [1.82, 2.24) is 4.90 Å². The van der Waals surface area contributed by atoms with Crippen LogP contribution in [0.25, 0.3) is 0 Å². The summed E-state index contributed by atoms with van der Waals surface area (Å²) in [7, 11) is 3.93. The van der Waals surface area contributed by atoms with Gasteiger partial charge >= 0.3 is 0 Å². The predicted molar refractivity (Wildman–Crippen MR) is 101 cm³/mol. The molecule has 2 rings (SSSR count). The standard InChI is InChI=1S/C18H21Cl2NOS/c1-21(2)11-16(22)9-13-3-7-17(8-4-13)23-12-14-5-6-15(19)10-18(14)20/h3-8,10,16,22H,9,11-12H2,1-2H3. The van der Waals surface area contributed by atoms with Crippen LogP contribution in [-0.2, 0) is 12.2 Å². The first-order chi connectivity index (χ1) is 10.9. The molecule has 1 unspecified atom stereocenters. The fraction of sp³-hybridized carbons (Fsp3) is 0.333. The molecule has 0 saturated heterocycles. The Balaban J connectivity index is 1.89. The van der Waals surface area contributed by atoms with Gasteiger partial charge in [-0.2, -0.15) is 0 Å². The van der Waals surface area contributed by atoms with Crippen molar-refractivity contribution in [2.45, 2.75) is 23.2 Å². The fourth-order valence-electron chi connectivity index (χ4n) is 2.28. The van der Waals surface area contributed by atoms with Gasteiger partial charge in [-0.15, -0.1) is 11.8 Å². The second kappa shape index (κ2) is 8.95. The molecule has 0 spiro atoms. The lowest BCUT2D eigenvalue weighted by molar-refractivity contribution is 0.137. The van der Waals surface area contributed by atoms with Crippen molar-refractivity contribution in [3.63, 3.8) is 0 Å². The van der Waals surface area contributed by atoms with Gasteiger partial charge in [0, 0.05) is 27.2 Å². The van der Waals surface area contributed by atoms with E-state index in [1.54, 1.807) is 17.8 Å². The molecule has 0 aliphatic rings. The van der Waals surface area contributed by atoms with Gasteiger partial charge in [-0.3, -0.25) is 0 Å². The zero-order valence-electron chi connectivity index (χ0n) is 13.3. The highest BCUT2D eigenvalue weighted by Gasteiger charge is 2.07. The summed E-state index contributed by atoms with van der Waals surface area (Å²) in [5.41, 5.74) is 2.22. The fourth-order valence-corrected chi connectivity index (χ4v) is 3.74. The molecule has 2 aromatic rings. The summed E-state index contributed by atoms with van der Waals surface area (Å²) in [4.78, 5) is 3.17. The van der Waals surface area contributed by atoms with Crippen LogP contribution in [-0.4, -0.2) is 36.8 Å². The molecule has 1 atom stereocenters. The topological polar surface area (TPSA) is 23.5 Å². The van der Waals surface area contributed by atoms with Crippen molar-refractivity contribution in [3.05, 3.63) is 63.6 Å². The van der Waals surface area contributed by atoms with E-state index in [9.17, 15) is 5.11 Å². The van der Waals surface area contributed by atoms with Gasteiger partial charge in [0.25, 0.3) is 0 Å². The summed E-state index contributed by atoms with van der Waals surface area (Å²) in [6, 6.07) is 13.9. The van der Waals surface area contributed by atoms with E-state index in [4.69, 9.17) is 23.2 Å². The molecule has 0 amide bonds. The SMILES string of the molecule is CN(C)CC(O)Cc1ccc(SCc2ccc(Cl)cc2Cl)cc1. The highest BCUT2D eigenvalue weighted by Crippen LogP contribution is 2.28. The van der Waals surface area contributed by atoms with Crippen molar-refractivity contribution < 1.29 is 5.11 Å². The van der Waals surface area contributed by atoms with Crippen LogP contribution in [0.1, 0.15) is 11.1 Å². The van der Waals surface area contributed by atoms with Crippen molar-refractivity contribution in [2.75, 3.05) is 20.6 Å². The second-order valence-electron chi connectivity index (χ2n) is 5.79. The lowest BCUT2D eigenvalue weighted by Crippen LogP contribution is -2.27. The molecular formula is C18H21Cl2NOS. The molecule has 0 radical (unpaired) electrons. The lowest BCUT2D eigenvalue weighted by atomic mass is 10.1. The highest BCUT2D eigenvalue weighted by atomic mass is 35.5. The average Bonchev–Trinajstić information content (AvgIpc) is 2.47. The molecule has 0 aliphatic heterocycles. The number of aliphatic hydroxyl groups is 1. The van der Waals surface area contributed by atoms with Crippen LogP contribution in [0.4, 0.5) is 0 Å². The van der Waals surface area contributed by atoms with E-state index in [1.807, 2.05) is 31.1 Å². The number of rotatable bonds is 7. The van der Waals surface area contributed by atoms with E-state index in [2.05, 4.69) is 24.3 Å². The summed E-state index contributed by atoms with van der Waals surface area (Å²) in [5, 5.41) is 11.3. The van der Waals surface area contributed by atoms with Crippen LogP contribution >= 0.6 is 35.0 Å². The first-order valence-corrected chi connectivity index (χ1v) is 9.16. The average molecular weight is 370 g/mol. The van der Waals surface area contributed by atoms with Gasteiger partial charge in [0.1, 0.15) is 0 Å². The number of halogens is 2. The normalized spacial score (nSPS) is 12.6. The molecule has 5 heteroatoms. The zero-order chi connectivity index (χ0) is 16.8. The largest absolute Gasteiger partial charge is 0.391 e. The van der Waals surface area contributed by atoms with Gasteiger partial charge < -0.3 is 10.0 Å². The van der Waals surface area contributed by atoms with Crippen LogP contribution < -0.4 is 0 Å². The zero-order valence-corrected chi connectivity index (χ0v) is 15.6. The number of likely N-dealkylation sites (N-methyl/N-ethyl adjacent to an activating group) is 1. The molecule has 1 N–H and O–H groups in total. The van der Waals surface area contributed by atoms with Gasteiger partial charge in [0.2, 0.25) is 0 Å². The van der Waals surface area contributed by atoms with E-state index >= 15 is 0 Å². The number of hydrogen-bond acceptors (Lipinski definition) is 3. The smallest absolute Gasteiger partial charge is 0.0707 e. The third kappa shape index (κ3) is 6.36. The lowest BCUT2D eigenvalue weighted by Gasteiger charge is -2.16. The van der Waals surface area contributed by atoms with E-state index in [0.29, 0.717) is 23.0 Å². The monoisotopic (exact) mass is 369 g/mol. The van der Waals surface area contributed by atoms with Crippen LogP contribution in [0.15, 0.2) is 47.4 Å². The summed E-state index contributed by atoms with van der Waals surface area (Å²) >= 11 is 13.8. The minimum atomic E-state index is -0.337. The van der Waals surface area contributed by atoms with E-state index in [0.717, 1.165) is 16.9 Å². The first kappa shape index (κ1) is 18.6. The van der Waals surface area contributed by atoms with Crippen molar-refractivity contribution >= 4 is 35.0 Å². The molecule has 23 heavy (non-hydrogen) atoms. The maximum atomic E-state index is 9.97. The predicted octanol–water partition coefficient (Wildman–Crippen LogP) is 4.75. The van der Waals surface area contributed by atoms with Gasteiger partial charge in [-0.25, -0.2) is 0 Å². The summed E-state index contributed by atoms with van der Waals surface area (Å²) in [5.74, 6) is 0.804. The highest BCUT2D eigenvalue weighted by molar-refractivity contribution is 7.98. The Bertz CT molecular complexity index is 631. The van der Waals surface area contributed by atoms with Gasteiger partial charge in [0.15, 0.2) is 0 Å². The maximum Gasteiger partial charge on any atom is 0.0707 e. The Labute approximate surface area is 152 Å². The van der Waals surface area contributed by atoms with E-state index in [1.165, 1.54) is 4.90 Å². The number of thioether (sulfide) groups is 1. The Morgan fingerprint density at radius 2 is 1.78 bits per heavy atom. The molecule has 0 aliphatic carbocycles. The molecular weight excluding hydrogens is 349 g/mol. The molecule has 0 heterocycles. The number of hydrogen-bond donors (Lipinski definition) is 1. The Morgan fingerprint density at radius 3 is 2.39 bits per heavy atom. The van der Waals surface area contributed by atoms with Gasteiger partial charge in [-0.1, -0.05) is 41.4 Å². The Morgan fingerprint density at radius 1 is 1.09 bits per heavy atom. The third-order valence-electron chi connectivity index (χ3n) is 3.38. The van der Waals surface area contributed by atoms with Gasteiger partial charge in [0.05, 0.1) is 6.10 Å². The quantitative estimate of drug-likeness (QED) is 0.712. The molecule has 0 saturated carbocycles. The number of nitrogens with zero attached hydrogens (tertiary/aromatic N) is 1. The molecule has 2 aromatic carbocycles. The van der Waals surface area contributed by atoms with Crippen molar-refractivity contribution in [1.29, 1.82) is 0 Å². The third-order valence-corrected chi connectivity index (χ3v) is 5.03. The second-order valence-corrected chi connectivity index (χ2v) is 7.68. The molecule has 124 valence electrons. The minimum absolute atomic E-state index is 0.337. The molecule has 0 aromatic heterocycles. The Hall–Kier alpha value is -0.710. The van der Waals surface area contributed by atoms with E-state index in [-0.39, 0.29) is 6.10 Å². The summed E-state index contributed by atoms with van der Waals surface area (Å²) in [6.45, 7) is 0.672. The van der Waals surface area contributed by atoms with Crippen LogP contribution in [0.2, 0.25) is 10.0 Å². The molecule has 0 bridgehead atoms. The first-order valence-electron chi connectivity index (χ1n) is 7.42. The van der Waals surface area contributed by atoms with Crippen LogP contribution in [0.3, 0.4) is 0 Å². The maximum absolute atomic E-state index is 9.97. The summed E-state index contributed by atoms with van der Waals surface area (Å²) < 4.78 is 0.